The first kappa shape index (κ1) is 15.5. The van der Waals surface area contributed by atoms with Crippen LogP contribution in [0.1, 0.15) is 19.4 Å². The van der Waals surface area contributed by atoms with Crippen molar-refractivity contribution in [3.05, 3.63) is 23.8 Å². The first-order valence-corrected chi connectivity index (χ1v) is 7.25. The van der Waals surface area contributed by atoms with Gasteiger partial charge in [0.2, 0.25) is 15.9 Å². The van der Waals surface area contributed by atoms with Crippen LogP contribution in [0.25, 0.3) is 0 Å². The lowest BCUT2D eigenvalue weighted by Crippen LogP contribution is -2.32. The molecular formula is C12H18N2O4S. The molecule has 3 N–H and O–H groups in total. The zero-order valence-corrected chi connectivity index (χ0v) is 12.0. The van der Waals surface area contributed by atoms with Gasteiger partial charge in [0.1, 0.15) is 10.6 Å². The number of nitrogens with two attached hydrogens (primary N) is 1. The number of primary sulfonamides is 1. The van der Waals surface area contributed by atoms with Gasteiger partial charge in [0.15, 0.2) is 0 Å². The molecular weight excluding hydrogens is 268 g/mol. The summed E-state index contributed by atoms with van der Waals surface area (Å²) in [5.74, 6) is 0.0751. The van der Waals surface area contributed by atoms with Crippen molar-refractivity contribution in [2.75, 3.05) is 7.11 Å². The van der Waals surface area contributed by atoms with Crippen LogP contribution in [0.2, 0.25) is 0 Å². The highest BCUT2D eigenvalue weighted by molar-refractivity contribution is 7.89. The van der Waals surface area contributed by atoms with E-state index in [0.717, 1.165) is 5.56 Å². The Morgan fingerprint density at radius 3 is 2.58 bits per heavy atom. The number of rotatable bonds is 5. The molecule has 19 heavy (non-hydrogen) atoms. The Bertz CT molecular complexity index is 569. The van der Waals surface area contributed by atoms with E-state index in [9.17, 15) is 13.2 Å². The summed E-state index contributed by atoms with van der Waals surface area (Å²) in [6.07, 6.45) is 0.506. The number of sulfonamides is 1. The molecule has 1 rings (SSSR count). The summed E-state index contributed by atoms with van der Waals surface area (Å²) in [6, 6.07) is 4.66. The van der Waals surface area contributed by atoms with Gasteiger partial charge in [-0.2, -0.15) is 0 Å². The molecule has 0 spiro atoms. The van der Waals surface area contributed by atoms with Crippen LogP contribution < -0.4 is 15.2 Å². The first-order chi connectivity index (χ1) is 8.74. The van der Waals surface area contributed by atoms with Gasteiger partial charge in [-0.05, 0) is 31.0 Å². The van der Waals surface area contributed by atoms with E-state index in [1.807, 2.05) is 6.92 Å². The molecule has 7 heteroatoms. The predicted octanol–water partition coefficient (Wildman–Crippen LogP) is 0.410. The second-order valence-corrected chi connectivity index (χ2v) is 5.87. The topological polar surface area (TPSA) is 98.5 Å². The minimum atomic E-state index is -3.84. The van der Waals surface area contributed by atoms with E-state index in [1.165, 1.54) is 20.1 Å². The van der Waals surface area contributed by atoms with Crippen LogP contribution in [0.3, 0.4) is 0 Å². The summed E-state index contributed by atoms with van der Waals surface area (Å²) in [6.45, 7) is 3.27. The normalized spacial score (nSPS) is 12.8. The van der Waals surface area contributed by atoms with Gasteiger partial charge < -0.3 is 10.1 Å². The zero-order valence-electron chi connectivity index (χ0n) is 11.1. The fourth-order valence-electron chi connectivity index (χ4n) is 1.82. The van der Waals surface area contributed by atoms with Crippen molar-refractivity contribution in [1.82, 2.24) is 5.32 Å². The van der Waals surface area contributed by atoms with E-state index in [-0.39, 0.29) is 22.6 Å². The molecule has 0 saturated heterocycles. The molecule has 0 aliphatic carbocycles. The van der Waals surface area contributed by atoms with E-state index in [0.29, 0.717) is 6.42 Å². The minimum absolute atomic E-state index is 0.0532. The Labute approximate surface area is 113 Å². The van der Waals surface area contributed by atoms with Crippen LogP contribution in [-0.2, 0) is 21.2 Å². The summed E-state index contributed by atoms with van der Waals surface area (Å²) in [7, 11) is -2.46. The third kappa shape index (κ3) is 4.53. The van der Waals surface area contributed by atoms with Gasteiger partial charge in [0.25, 0.3) is 0 Å². The highest BCUT2D eigenvalue weighted by Gasteiger charge is 2.16. The highest BCUT2D eigenvalue weighted by Crippen LogP contribution is 2.24. The largest absolute Gasteiger partial charge is 0.495 e. The van der Waals surface area contributed by atoms with Crippen molar-refractivity contribution in [3.8, 4) is 5.75 Å². The fourth-order valence-corrected chi connectivity index (χ4v) is 2.57. The molecule has 1 unspecified atom stereocenters. The number of nitrogens with one attached hydrogen (secondary N) is 1. The second-order valence-electron chi connectivity index (χ2n) is 4.34. The van der Waals surface area contributed by atoms with E-state index >= 15 is 0 Å². The van der Waals surface area contributed by atoms with E-state index < -0.39 is 10.0 Å². The Morgan fingerprint density at radius 1 is 1.47 bits per heavy atom. The SMILES string of the molecule is COc1ccc(CC(C)NC(C)=O)cc1S(N)(=O)=O. The van der Waals surface area contributed by atoms with Crippen molar-refractivity contribution in [3.63, 3.8) is 0 Å². The summed E-state index contributed by atoms with van der Waals surface area (Å²) < 4.78 is 27.9. The number of ether oxygens (including phenoxy) is 1. The minimum Gasteiger partial charge on any atom is -0.495 e. The quantitative estimate of drug-likeness (QED) is 0.819. The maximum absolute atomic E-state index is 11.5. The number of carbonyl (C=O) groups is 1. The third-order valence-corrected chi connectivity index (χ3v) is 3.46. The lowest BCUT2D eigenvalue weighted by molar-refractivity contribution is -0.119. The number of amides is 1. The van der Waals surface area contributed by atoms with Crippen molar-refractivity contribution < 1.29 is 17.9 Å². The zero-order chi connectivity index (χ0) is 14.6. The smallest absolute Gasteiger partial charge is 0.241 e. The third-order valence-electron chi connectivity index (χ3n) is 2.53. The lowest BCUT2D eigenvalue weighted by Gasteiger charge is -2.14. The molecule has 6 nitrogen and oxygen atoms in total. The molecule has 0 aromatic heterocycles. The van der Waals surface area contributed by atoms with Crippen molar-refractivity contribution in [1.29, 1.82) is 0 Å². The molecule has 1 amide bonds. The molecule has 1 atom stereocenters. The first-order valence-electron chi connectivity index (χ1n) is 5.71. The molecule has 0 bridgehead atoms. The van der Waals surface area contributed by atoms with Crippen LogP contribution in [0.4, 0.5) is 0 Å². The van der Waals surface area contributed by atoms with Crippen LogP contribution in [0, 0.1) is 0 Å². The monoisotopic (exact) mass is 286 g/mol. The molecule has 0 fully saturated rings. The maximum Gasteiger partial charge on any atom is 0.241 e. The van der Waals surface area contributed by atoms with Gasteiger partial charge in [0, 0.05) is 13.0 Å². The van der Waals surface area contributed by atoms with Crippen molar-refractivity contribution in [2.24, 2.45) is 5.14 Å². The van der Waals surface area contributed by atoms with E-state index in [4.69, 9.17) is 9.88 Å². The van der Waals surface area contributed by atoms with E-state index in [2.05, 4.69) is 5.32 Å². The molecule has 0 radical (unpaired) electrons. The summed E-state index contributed by atoms with van der Waals surface area (Å²) in [5, 5.41) is 7.86. The van der Waals surface area contributed by atoms with Crippen LogP contribution in [0.5, 0.6) is 5.75 Å². The van der Waals surface area contributed by atoms with Crippen LogP contribution >= 0.6 is 0 Å². The number of hydrogen-bond acceptors (Lipinski definition) is 4. The summed E-state index contributed by atoms with van der Waals surface area (Å²) in [5.41, 5.74) is 0.756. The highest BCUT2D eigenvalue weighted by atomic mass is 32.2. The van der Waals surface area contributed by atoms with E-state index in [1.54, 1.807) is 12.1 Å². The number of benzene rings is 1. The van der Waals surface area contributed by atoms with Gasteiger partial charge in [-0.1, -0.05) is 6.07 Å². The number of methoxy groups -OCH3 is 1. The maximum atomic E-state index is 11.5. The number of hydrogen-bond donors (Lipinski definition) is 2. The molecule has 1 aromatic carbocycles. The second kappa shape index (κ2) is 6.03. The molecule has 0 heterocycles. The molecule has 0 saturated carbocycles. The average Bonchev–Trinajstić information content (AvgIpc) is 2.26. The summed E-state index contributed by atoms with van der Waals surface area (Å²) in [4.78, 5) is 10.9. The Kier molecular flexibility index (Phi) is 4.90. The van der Waals surface area contributed by atoms with Gasteiger partial charge in [-0.15, -0.1) is 0 Å². The number of carbonyl (C=O) groups excluding carboxylic acids is 1. The van der Waals surface area contributed by atoms with Gasteiger partial charge >= 0.3 is 0 Å². The summed E-state index contributed by atoms with van der Waals surface area (Å²) >= 11 is 0. The van der Waals surface area contributed by atoms with Gasteiger partial charge in [-0.3, -0.25) is 4.79 Å². The Balaban J connectivity index is 3.02. The van der Waals surface area contributed by atoms with Crippen LogP contribution in [-0.4, -0.2) is 27.5 Å². The average molecular weight is 286 g/mol. The van der Waals surface area contributed by atoms with Gasteiger partial charge in [0.05, 0.1) is 7.11 Å². The predicted molar refractivity (Wildman–Crippen MR) is 71.3 cm³/mol. The molecule has 1 aromatic rings. The van der Waals surface area contributed by atoms with Crippen molar-refractivity contribution in [2.45, 2.75) is 31.2 Å². The lowest BCUT2D eigenvalue weighted by atomic mass is 10.1. The Morgan fingerprint density at radius 2 is 2.11 bits per heavy atom. The molecule has 0 aliphatic heterocycles. The fraction of sp³-hybridized carbons (Fsp3) is 0.417. The van der Waals surface area contributed by atoms with Crippen molar-refractivity contribution >= 4 is 15.9 Å². The molecule has 0 aliphatic rings. The Hall–Kier alpha value is -1.60. The molecule has 106 valence electrons. The van der Waals surface area contributed by atoms with Crippen LogP contribution in [0.15, 0.2) is 23.1 Å². The standard InChI is InChI=1S/C12H18N2O4S/c1-8(14-9(2)15)6-10-4-5-11(18-3)12(7-10)19(13,16)17/h4-5,7-8H,6H2,1-3H3,(H,14,15)(H2,13,16,17). The van der Waals surface area contributed by atoms with Gasteiger partial charge in [-0.25, -0.2) is 13.6 Å².